The summed E-state index contributed by atoms with van der Waals surface area (Å²) in [4.78, 5) is 4.42. The fourth-order valence-corrected chi connectivity index (χ4v) is 2.57. The number of nitrogens with zero attached hydrogens (tertiary/aromatic N) is 2. The van der Waals surface area contributed by atoms with Crippen LogP contribution in [0.3, 0.4) is 0 Å². The molecule has 90 valence electrons. The first kappa shape index (κ1) is 10.8. The minimum Gasteiger partial charge on any atom is -0.334 e. The van der Waals surface area contributed by atoms with Crippen molar-refractivity contribution in [3.05, 3.63) is 30.1 Å². The van der Waals surface area contributed by atoms with Crippen LogP contribution in [-0.2, 0) is 12.5 Å². The van der Waals surface area contributed by atoms with E-state index in [0.717, 1.165) is 18.4 Å². The van der Waals surface area contributed by atoms with Gasteiger partial charge in [0, 0.05) is 18.0 Å². The van der Waals surface area contributed by atoms with E-state index in [-0.39, 0.29) is 11.0 Å². The van der Waals surface area contributed by atoms with E-state index in [2.05, 4.69) is 37.0 Å². The molecule has 1 heterocycles. The SMILES string of the molecule is Cn1cnc2cc(C(C)(C)C3(N)CC3)ccc21. The Hall–Kier alpha value is -1.35. The Balaban J connectivity index is 2.12. The molecule has 1 aliphatic rings. The highest BCUT2D eigenvalue weighted by Crippen LogP contribution is 2.49. The molecule has 0 saturated heterocycles. The monoisotopic (exact) mass is 229 g/mol. The van der Waals surface area contributed by atoms with Crippen LogP contribution in [0.4, 0.5) is 0 Å². The Morgan fingerprint density at radius 1 is 1.35 bits per heavy atom. The number of rotatable bonds is 2. The van der Waals surface area contributed by atoms with Gasteiger partial charge in [-0.25, -0.2) is 4.98 Å². The lowest BCUT2D eigenvalue weighted by Gasteiger charge is -2.32. The fraction of sp³-hybridized carbons (Fsp3) is 0.500. The standard InChI is InChI=1S/C14H19N3/c1-13(2,14(15)6-7-14)10-4-5-12-11(8-10)16-9-17(12)3/h4-5,8-9H,6-7,15H2,1-3H3. The highest BCUT2D eigenvalue weighted by molar-refractivity contribution is 5.76. The maximum atomic E-state index is 6.38. The smallest absolute Gasteiger partial charge is 0.0955 e. The average Bonchev–Trinajstić information content (AvgIpc) is 2.95. The molecule has 0 radical (unpaired) electrons. The average molecular weight is 229 g/mol. The molecule has 0 atom stereocenters. The first-order chi connectivity index (χ1) is 7.94. The minimum atomic E-state index is -0.0184. The molecule has 0 spiro atoms. The largest absolute Gasteiger partial charge is 0.334 e. The number of fused-ring (bicyclic) bond motifs is 1. The van der Waals surface area contributed by atoms with Crippen LogP contribution < -0.4 is 5.73 Å². The lowest BCUT2D eigenvalue weighted by Crippen LogP contribution is -2.43. The topological polar surface area (TPSA) is 43.8 Å². The Morgan fingerprint density at radius 2 is 2.06 bits per heavy atom. The van der Waals surface area contributed by atoms with Crippen LogP contribution in [0.15, 0.2) is 24.5 Å². The maximum Gasteiger partial charge on any atom is 0.0955 e. The van der Waals surface area contributed by atoms with Crippen molar-refractivity contribution < 1.29 is 0 Å². The number of hydrogen-bond donors (Lipinski definition) is 1. The number of nitrogens with two attached hydrogens (primary N) is 1. The molecule has 0 unspecified atom stereocenters. The van der Waals surface area contributed by atoms with E-state index >= 15 is 0 Å². The van der Waals surface area contributed by atoms with Crippen molar-refractivity contribution in [3.8, 4) is 0 Å². The van der Waals surface area contributed by atoms with Gasteiger partial charge in [0.2, 0.25) is 0 Å². The van der Waals surface area contributed by atoms with E-state index in [1.807, 2.05) is 17.9 Å². The molecule has 2 aromatic rings. The molecular weight excluding hydrogens is 210 g/mol. The van der Waals surface area contributed by atoms with Gasteiger partial charge in [-0.3, -0.25) is 0 Å². The molecule has 0 amide bonds. The number of hydrogen-bond acceptors (Lipinski definition) is 2. The van der Waals surface area contributed by atoms with Gasteiger partial charge in [0.15, 0.2) is 0 Å². The van der Waals surface area contributed by atoms with Gasteiger partial charge in [-0.05, 0) is 30.5 Å². The van der Waals surface area contributed by atoms with Crippen LogP contribution in [0.1, 0.15) is 32.3 Å². The minimum absolute atomic E-state index is 0.0184. The molecule has 2 N–H and O–H groups in total. The van der Waals surface area contributed by atoms with Gasteiger partial charge in [0.05, 0.1) is 17.4 Å². The third kappa shape index (κ3) is 1.42. The van der Waals surface area contributed by atoms with E-state index < -0.39 is 0 Å². The summed E-state index contributed by atoms with van der Waals surface area (Å²) in [5.74, 6) is 0. The highest BCUT2D eigenvalue weighted by Gasteiger charge is 2.51. The van der Waals surface area contributed by atoms with Crippen LogP contribution >= 0.6 is 0 Å². The summed E-state index contributed by atoms with van der Waals surface area (Å²) in [6.45, 7) is 4.48. The van der Waals surface area contributed by atoms with Crippen molar-refractivity contribution in [3.63, 3.8) is 0 Å². The van der Waals surface area contributed by atoms with Gasteiger partial charge in [0.1, 0.15) is 0 Å². The zero-order chi connectivity index (χ0) is 12.3. The third-order valence-electron chi connectivity index (χ3n) is 4.48. The summed E-state index contributed by atoms with van der Waals surface area (Å²) in [6.07, 6.45) is 4.11. The van der Waals surface area contributed by atoms with Crippen molar-refractivity contribution in [1.82, 2.24) is 9.55 Å². The zero-order valence-electron chi connectivity index (χ0n) is 10.7. The second-order valence-electron chi connectivity index (χ2n) is 5.84. The molecule has 1 saturated carbocycles. The molecule has 3 nitrogen and oxygen atoms in total. The van der Waals surface area contributed by atoms with Gasteiger partial charge < -0.3 is 10.3 Å². The summed E-state index contributed by atoms with van der Waals surface area (Å²) < 4.78 is 2.04. The van der Waals surface area contributed by atoms with Gasteiger partial charge in [-0.2, -0.15) is 0 Å². The highest BCUT2D eigenvalue weighted by atomic mass is 15.0. The Kier molecular flexibility index (Phi) is 1.97. The van der Waals surface area contributed by atoms with Crippen LogP contribution in [0, 0.1) is 0 Å². The van der Waals surface area contributed by atoms with Crippen molar-refractivity contribution in [2.24, 2.45) is 12.8 Å². The predicted molar refractivity (Wildman–Crippen MR) is 69.9 cm³/mol. The Morgan fingerprint density at radius 3 is 2.71 bits per heavy atom. The number of aryl methyl sites for hydroxylation is 1. The molecule has 0 aliphatic heterocycles. The zero-order valence-corrected chi connectivity index (χ0v) is 10.7. The van der Waals surface area contributed by atoms with Gasteiger partial charge in [-0.1, -0.05) is 19.9 Å². The van der Waals surface area contributed by atoms with Crippen LogP contribution in [0.5, 0.6) is 0 Å². The summed E-state index contributed by atoms with van der Waals surface area (Å²) in [5.41, 5.74) is 9.91. The van der Waals surface area contributed by atoms with E-state index in [0.29, 0.717) is 0 Å². The fourth-order valence-electron chi connectivity index (χ4n) is 2.57. The molecule has 3 heteroatoms. The van der Waals surface area contributed by atoms with Crippen LogP contribution in [-0.4, -0.2) is 15.1 Å². The normalized spacial score (nSPS) is 18.6. The van der Waals surface area contributed by atoms with Gasteiger partial charge >= 0.3 is 0 Å². The van der Waals surface area contributed by atoms with E-state index in [1.165, 1.54) is 11.1 Å². The van der Waals surface area contributed by atoms with E-state index in [9.17, 15) is 0 Å². The molecule has 1 aliphatic carbocycles. The Bertz CT molecular complexity index is 576. The Labute approximate surface area is 102 Å². The first-order valence-electron chi connectivity index (χ1n) is 6.14. The second-order valence-corrected chi connectivity index (χ2v) is 5.84. The summed E-state index contributed by atoms with van der Waals surface area (Å²) in [5, 5.41) is 0. The van der Waals surface area contributed by atoms with E-state index in [1.54, 1.807) is 0 Å². The van der Waals surface area contributed by atoms with Gasteiger partial charge in [-0.15, -0.1) is 0 Å². The molecule has 17 heavy (non-hydrogen) atoms. The van der Waals surface area contributed by atoms with E-state index in [4.69, 9.17) is 5.73 Å². The molecule has 0 bridgehead atoms. The number of aromatic nitrogens is 2. The van der Waals surface area contributed by atoms with Crippen LogP contribution in [0.2, 0.25) is 0 Å². The van der Waals surface area contributed by atoms with Crippen molar-refractivity contribution in [2.45, 2.75) is 37.6 Å². The van der Waals surface area contributed by atoms with Crippen molar-refractivity contribution >= 4 is 11.0 Å². The summed E-state index contributed by atoms with van der Waals surface area (Å²) in [7, 11) is 2.02. The lowest BCUT2D eigenvalue weighted by molar-refractivity contribution is 0.391. The van der Waals surface area contributed by atoms with Crippen molar-refractivity contribution in [2.75, 3.05) is 0 Å². The first-order valence-corrected chi connectivity index (χ1v) is 6.14. The molecular formula is C14H19N3. The predicted octanol–water partition coefficient (Wildman–Crippen LogP) is 2.34. The maximum absolute atomic E-state index is 6.38. The van der Waals surface area contributed by atoms with Crippen molar-refractivity contribution in [1.29, 1.82) is 0 Å². The lowest BCUT2D eigenvalue weighted by atomic mass is 9.76. The summed E-state index contributed by atoms with van der Waals surface area (Å²) >= 11 is 0. The third-order valence-corrected chi connectivity index (χ3v) is 4.48. The summed E-state index contributed by atoms with van der Waals surface area (Å²) in [6, 6.07) is 6.52. The molecule has 1 fully saturated rings. The molecule has 1 aromatic heterocycles. The number of imidazole rings is 1. The van der Waals surface area contributed by atoms with Crippen LogP contribution in [0.25, 0.3) is 11.0 Å². The van der Waals surface area contributed by atoms with Gasteiger partial charge in [0.25, 0.3) is 0 Å². The molecule has 3 rings (SSSR count). The second kappa shape index (κ2) is 3.10. The molecule has 1 aromatic carbocycles. The quantitative estimate of drug-likeness (QED) is 0.859. The number of benzene rings is 1.